The van der Waals surface area contributed by atoms with Crippen LogP contribution in [-0.2, 0) is 9.59 Å². The molecule has 0 atom stereocenters. The normalized spacial score (nSPS) is 10.0. The fourth-order valence-electron chi connectivity index (χ4n) is 1.15. The van der Waals surface area contributed by atoms with E-state index in [2.05, 4.69) is 0 Å². The fraction of sp³-hybridized carbons (Fsp3) is 0.556. The minimum atomic E-state index is -1.49. The zero-order chi connectivity index (χ0) is 11.3. The third-order valence-electron chi connectivity index (χ3n) is 2.01. The molecule has 0 amide bonds. The van der Waals surface area contributed by atoms with Gasteiger partial charge in [0.1, 0.15) is 0 Å². The molecule has 0 rings (SSSR count). The average Bonchev–Trinajstić information content (AvgIpc) is 2.04. The third-order valence-corrected chi connectivity index (χ3v) is 2.51. The lowest BCUT2D eigenvalue weighted by Crippen LogP contribution is -2.16. The highest BCUT2D eigenvalue weighted by molar-refractivity contribution is 6.35. The van der Waals surface area contributed by atoms with Gasteiger partial charge in [-0.05, 0) is 18.8 Å². The molecule has 0 unspecified atom stereocenters. The van der Waals surface area contributed by atoms with Crippen molar-refractivity contribution in [3.63, 3.8) is 0 Å². The lowest BCUT2D eigenvalue weighted by atomic mass is 9.99. The van der Waals surface area contributed by atoms with Crippen LogP contribution in [0.2, 0.25) is 0 Å². The highest BCUT2D eigenvalue weighted by Gasteiger charge is 2.24. The fourth-order valence-corrected chi connectivity index (χ4v) is 1.62. The average molecular weight is 221 g/mol. The van der Waals surface area contributed by atoms with Gasteiger partial charge in [-0.15, -0.1) is 0 Å². The third kappa shape index (κ3) is 3.03. The van der Waals surface area contributed by atoms with Crippen molar-refractivity contribution in [2.24, 2.45) is 5.92 Å². The topological polar surface area (TPSA) is 74.6 Å². The predicted octanol–water partition coefficient (Wildman–Crippen LogP) is 2.08. The van der Waals surface area contributed by atoms with Crippen LogP contribution >= 0.6 is 11.6 Å². The molecule has 0 aromatic carbocycles. The summed E-state index contributed by atoms with van der Waals surface area (Å²) in [5.41, 5.74) is -0.722. The van der Waals surface area contributed by atoms with Crippen LogP contribution < -0.4 is 0 Å². The summed E-state index contributed by atoms with van der Waals surface area (Å²) in [5, 5.41) is 17.2. The van der Waals surface area contributed by atoms with Crippen LogP contribution in [-0.4, -0.2) is 22.2 Å². The van der Waals surface area contributed by atoms with Gasteiger partial charge in [-0.1, -0.05) is 25.4 Å². The van der Waals surface area contributed by atoms with Gasteiger partial charge in [-0.25, -0.2) is 9.59 Å². The second-order valence-corrected chi connectivity index (χ2v) is 3.25. The smallest absolute Gasteiger partial charge is 0.344 e. The van der Waals surface area contributed by atoms with Crippen LogP contribution in [0.3, 0.4) is 0 Å². The minimum Gasteiger partial charge on any atom is -0.477 e. The summed E-state index contributed by atoms with van der Waals surface area (Å²) in [6.45, 7) is 3.66. The molecule has 0 radical (unpaired) electrons. The highest BCUT2D eigenvalue weighted by Crippen LogP contribution is 2.26. The van der Waals surface area contributed by atoms with Gasteiger partial charge in [-0.2, -0.15) is 0 Å². The van der Waals surface area contributed by atoms with Crippen LogP contribution in [0.4, 0.5) is 0 Å². The summed E-state index contributed by atoms with van der Waals surface area (Å²) in [5.74, 6) is -3.18. The zero-order valence-electron chi connectivity index (χ0n) is 8.08. The molecule has 0 saturated carbocycles. The Bertz CT molecular complexity index is 250. The molecular formula is C9H13ClO4. The summed E-state index contributed by atoms with van der Waals surface area (Å²) in [6.07, 6.45) is 1.25. The molecule has 0 bridgehead atoms. The van der Waals surface area contributed by atoms with E-state index in [9.17, 15) is 9.59 Å². The van der Waals surface area contributed by atoms with E-state index in [1.165, 1.54) is 0 Å². The van der Waals surface area contributed by atoms with Crippen molar-refractivity contribution in [1.82, 2.24) is 0 Å². The predicted molar refractivity (Wildman–Crippen MR) is 52.2 cm³/mol. The number of halogens is 1. The van der Waals surface area contributed by atoms with Crippen LogP contribution in [0.25, 0.3) is 0 Å². The number of hydrogen-bond acceptors (Lipinski definition) is 2. The summed E-state index contributed by atoms with van der Waals surface area (Å²) in [7, 11) is 0. The van der Waals surface area contributed by atoms with E-state index in [1.54, 1.807) is 0 Å². The van der Waals surface area contributed by atoms with Crippen molar-refractivity contribution in [3.8, 4) is 0 Å². The molecular weight excluding hydrogens is 208 g/mol. The Balaban J connectivity index is 5.17. The van der Waals surface area contributed by atoms with Gasteiger partial charge in [-0.3, -0.25) is 0 Å². The second kappa shape index (κ2) is 5.65. The number of rotatable bonds is 5. The van der Waals surface area contributed by atoms with E-state index in [0.29, 0.717) is 12.8 Å². The minimum absolute atomic E-state index is 0.0741. The second-order valence-electron chi connectivity index (χ2n) is 2.85. The Hall–Kier alpha value is -1.03. The van der Waals surface area contributed by atoms with Gasteiger partial charge in [0.15, 0.2) is 5.57 Å². The molecule has 0 aliphatic carbocycles. The van der Waals surface area contributed by atoms with Crippen molar-refractivity contribution in [1.29, 1.82) is 0 Å². The Kier molecular flexibility index (Phi) is 5.23. The van der Waals surface area contributed by atoms with E-state index in [-0.39, 0.29) is 11.0 Å². The van der Waals surface area contributed by atoms with Crippen LogP contribution in [0, 0.1) is 5.92 Å². The largest absolute Gasteiger partial charge is 0.477 e. The summed E-state index contributed by atoms with van der Waals surface area (Å²) in [4.78, 5) is 21.2. The Labute approximate surface area is 87.2 Å². The van der Waals surface area contributed by atoms with Crippen LogP contribution in [0.1, 0.15) is 26.7 Å². The van der Waals surface area contributed by atoms with Crippen LogP contribution in [0.5, 0.6) is 0 Å². The molecule has 5 heteroatoms. The number of carboxylic acids is 2. The molecule has 0 saturated heterocycles. The van der Waals surface area contributed by atoms with E-state index in [0.717, 1.165) is 0 Å². The van der Waals surface area contributed by atoms with Gasteiger partial charge in [0.2, 0.25) is 0 Å². The Morgan fingerprint density at radius 2 is 1.50 bits per heavy atom. The van der Waals surface area contributed by atoms with Gasteiger partial charge in [0, 0.05) is 5.03 Å². The molecule has 0 spiro atoms. The van der Waals surface area contributed by atoms with Crippen molar-refractivity contribution in [2.75, 3.05) is 0 Å². The maximum atomic E-state index is 10.6. The van der Waals surface area contributed by atoms with E-state index in [4.69, 9.17) is 21.8 Å². The first-order valence-electron chi connectivity index (χ1n) is 4.31. The molecule has 2 N–H and O–H groups in total. The monoisotopic (exact) mass is 220 g/mol. The van der Waals surface area contributed by atoms with E-state index in [1.807, 2.05) is 13.8 Å². The van der Waals surface area contributed by atoms with Gasteiger partial charge < -0.3 is 10.2 Å². The van der Waals surface area contributed by atoms with Crippen molar-refractivity contribution >= 4 is 23.5 Å². The molecule has 0 aromatic rings. The molecule has 14 heavy (non-hydrogen) atoms. The highest BCUT2D eigenvalue weighted by atomic mass is 35.5. The summed E-state index contributed by atoms with van der Waals surface area (Å²) in [6, 6.07) is 0. The first kappa shape index (κ1) is 13.0. The number of aliphatic carboxylic acids is 2. The summed E-state index contributed by atoms with van der Waals surface area (Å²) < 4.78 is 0. The number of hydrogen-bond donors (Lipinski definition) is 2. The maximum absolute atomic E-state index is 10.6. The maximum Gasteiger partial charge on any atom is 0.344 e. The lowest BCUT2D eigenvalue weighted by molar-refractivity contribution is -0.140. The molecule has 0 aliphatic rings. The first-order chi connectivity index (χ1) is 6.45. The van der Waals surface area contributed by atoms with Gasteiger partial charge in [0.05, 0.1) is 0 Å². The van der Waals surface area contributed by atoms with Gasteiger partial charge >= 0.3 is 11.9 Å². The zero-order valence-corrected chi connectivity index (χ0v) is 8.84. The SMILES string of the molecule is CCC(CC)C(Cl)=C(C(=O)O)C(=O)O. The number of carboxylic acid groups (broad SMARTS) is 2. The Morgan fingerprint density at radius 3 is 1.71 bits per heavy atom. The number of allylic oxidation sites excluding steroid dienone is 1. The lowest BCUT2D eigenvalue weighted by Gasteiger charge is -2.12. The molecule has 0 aliphatic heterocycles. The van der Waals surface area contributed by atoms with E-state index < -0.39 is 17.5 Å². The van der Waals surface area contributed by atoms with Crippen LogP contribution in [0.15, 0.2) is 10.6 Å². The molecule has 4 nitrogen and oxygen atoms in total. The van der Waals surface area contributed by atoms with Crippen molar-refractivity contribution in [2.45, 2.75) is 26.7 Å². The number of carbonyl (C=O) groups is 2. The quantitative estimate of drug-likeness (QED) is 0.423. The van der Waals surface area contributed by atoms with E-state index >= 15 is 0 Å². The molecule has 0 fully saturated rings. The van der Waals surface area contributed by atoms with Gasteiger partial charge in [0.25, 0.3) is 0 Å². The van der Waals surface area contributed by atoms with Crippen molar-refractivity contribution < 1.29 is 19.8 Å². The molecule has 80 valence electrons. The summed E-state index contributed by atoms with van der Waals surface area (Å²) >= 11 is 5.72. The molecule has 0 aromatic heterocycles. The Morgan fingerprint density at radius 1 is 1.14 bits per heavy atom. The van der Waals surface area contributed by atoms with Crippen molar-refractivity contribution in [3.05, 3.63) is 10.6 Å². The first-order valence-corrected chi connectivity index (χ1v) is 4.69. The standard InChI is InChI=1S/C9H13ClO4/c1-3-5(4-2)7(10)6(8(11)12)9(13)14/h5H,3-4H2,1-2H3,(H,11,12)(H,13,14). The molecule has 0 heterocycles.